The second-order valence-electron chi connectivity index (χ2n) is 10.6. The average molecular weight is 425 g/mol. The third kappa shape index (κ3) is 3.72. The number of esters is 2. The molecular formula is C27H36O4. The first-order valence-electron chi connectivity index (χ1n) is 11.7. The van der Waals surface area contributed by atoms with E-state index in [1.165, 1.54) is 11.1 Å². The van der Waals surface area contributed by atoms with E-state index in [1.807, 2.05) is 38.2 Å². The number of ether oxygens (including phenoxy) is 2. The highest BCUT2D eigenvalue weighted by atomic mass is 16.6. The lowest BCUT2D eigenvalue weighted by molar-refractivity contribution is -0.177. The zero-order valence-electron chi connectivity index (χ0n) is 19.7. The van der Waals surface area contributed by atoms with Crippen LogP contribution in [0.1, 0.15) is 60.8 Å². The van der Waals surface area contributed by atoms with Crippen LogP contribution in [0.5, 0.6) is 0 Å². The fourth-order valence-electron chi connectivity index (χ4n) is 6.05. The molecule has 0 spiro atoms. The lowest BCUT2D eigenvalue weighted by atomic mass is 9.77. The molecule has 0 radical (unpaired) electrons. The van der Waals surface area contributed by atoms with E-state index >= 15 is 0 Å². The van der Waals surface area contributed by atoms with Crippen molar-refractivity contribution >= 4 is 11.9 Å². The summed E-state index contributed by atoms with van der Waals surface area (Å²) in [6.45, 7) is 12.2. The molecule has 4 aliphatic rings. The van der Waals surface area contributed by atoms with E-state index in [0.29, 0.717) is 0 Å². The van der Waals surface area contributed by atoms with Gasteiger partial charge in [0.1, 0.15) is 11.2 Å². The number of allylic oxidation sites excluding steroid dienone is 4. The Kier molecular flexibility index (Phi) is 5.56. The van der Waals surface area contributed by atoms with Crippen molar-refractivity contribution in [1.29, 1.82) is 0 Å². The number of rotatable bonds is 4. The SMILES string of the molecule is CC1=CC=CC(C)(OC(=O)C2C3CCC(C3)C2C(=O)OC2(C)C=CC=C(C)C2C)C1C. The Labute approximate surface area is 186 Å². The zero-order chi connectivity index (χ0) is 22.6. The molecule has 0 aromatic rings. The molecule has 8 atom stereocenters. The summed E-state index contributed by atoms with van der Waals surface area (Å²) < 4.78 is 12.3. The van der Waals surface area contributed by atoms with Crippen LogP contribution in [0.15, 0.2) is 47.6 Å². The second kappa shape index (κ2) is 7.79. The van der Waals surface area contributed by atoms with Crippen molar-refractivity contribution in [1.82, 2.24) is 0 Å². The highest BCUT2D eigenvalue weighted by Crippen LogP contribution is 2.54. The van der Waals surface area contributed by atoms with Crippen LogP contribution in [0, 0.1) is 35.5 Å². The Hall–Kier alpha value is -2.10. The predicted octanol–water partition coefficient (Wildman–Crippen LogP) is 5.56. The Morgan fingerprint density at radius 1 is 0.806 bits per heavy atom. The highest BCUT2D eigenvalue weighted by molar-refractivity contribution is 5.84. The molecule has 2 saturated carbocycles. The van der Waals surface area contributed by atoms with Gasteiger partial charge >= 0.3 is 11.9 Å². The van der Waals surface area contributed by atoms with Gasteiger partial charge in [-0.05, 0) is 70.9 Å². The molecule has 0 aromatic carbocycles. The van der Waals surface area contributed by atoms with Crippen LogP contribution in [0.25, 0.3) is 0 Å². The van der Waals surface area contributed by atoms with Gasteiger partial charge in [-0.15, -0.1) is 0 Å². The third-order valence-electron chi connectivity index (χ3n) is 8.76. The van der Waals surface area contributed by atoms with E-state index in [4.69, 9.17) is 9.47 Å². The van der Waals surface area contributed by atoms with Crippen LogP contribution in [0.3, 0.4) is 0 Å². The summed E-state index contributed by atoms with van der Waals surface area (Å²) in [4.78, 5) is 26.9. The third-order valence-corrected chi connectivity index (χ3v) is 8.76. The summed E-state index contributed by atoms with van der Waals surface area (Å²) in [6, 6.07) is 0. The van der Waals surface area contributed by atoms with Gasteiger partial charge in [0.15, 0.2) is 0 Å². The molecule has 31 heavy (non-hydrogen) atoms. The van der Waals surface area contributed by atoms with Crippen LogP contribution in [-0.4, -0.2) is 23.1 Å². The first-order chi connectivity index (χ1) is 14.6. The Morgan fingerprint density at radius 2 is 1.19 bits per heavy atom. The summed E-state index contributed by atoms with van der Waals surface area (Å²) >= 11 is 0. The minimum atomic E-state index is -0.680. The van der Waals surface area contributed by atoms with Gasteiger partial charge in [-0.2, -0.15) is 0 Å². The molecule has 2 bridgehead atoms. The maximum absolute atomic E-state index is 13.5. The van der Waals surface area contributed by atoms with Crippen molar-refractivity contribution in [3.05, 3.63) is 47.6 Å². The summed E-state index contributed by atoms with van der Waals surface area (Å²) in [6.07, 6.45) is 14.9. The lowest BCUT2D eigenvalue weighted by Gasteiger charge is -2.39. The van der Waals surface area contributed by atoms with Crippen LogP contribution < -0.4 is 0 Å². The molecule has 0 aliphatic heterocycles. The molecule has 4 nitrogen and oxygen atoms in total. The first-order valence-corrected chi connectivity index (χ1v) is 11.7. The largest absolute Gasteiger partial charge is 0.454 e. The number of hydrogen-bond donors (Lipinski definition) is 0. The normalized spacial score (nSPS) is 43.4. The van der Waals surface area contributed by atoms with Crippen LogP contribution in [0.2, 0.25) is 0 Å². The van der Waals surface area contributed by atoms with Gasteiger partial charge in [-0.25, -0.2) is 0 Å². The minimum absolute atomic E-state index is 0.104. The number of fused-ring (bicyclic) bond motifs is 2. The summed E-state index contributed by atoms with van der Waals surface area (Å²) in [5, 5.41) is 0. The van der Waals surface area contributed by atoms with Gasteiger partial charge in [-0.3, -0.25) is 9.59 Å². The number of carbonyl (C=O) groups is 2. The van der Waals surface area contributed by atoms with E-state index in [2.05, 4.69) is 39.8 Å². The van der Waals surface area contributed by atoms with E-state index in [-0.39, 0.29) is 35.6 Å². The molecule has 168 valence electrons. The summed E-state index contributed by atoms with van der Waals surface area (Å²) in [5.41, 5.74) is 1.02. The fourth-order valence-corrected chi connectivity index (χ4v) is 6.05. The van der Waals surface area contributed by atoms with Crippen LogP contribution in [-0.2, 0) is 19.1 Å². The van der Waals surface area contributed by atoms with Gasteiger partial charge in [-0.1, -0.05) is 49.3 Å². The van der Waals surface area contributed by atoms with Gasteiger partial charge in [0.2, 0.25) is 0 Å². The fraction of sp³-hybridized carbons (Fsp3) is 0.630. The Bertz CT molecular complexity index is 821. The van der Waals surface area contributed by atoms with Crippen LogP contribution >= 0.6 is 0 Å². The molecule has 0 aromatic heterocycles. The molecule has 8 unspecified atom stereocenters. The van der Waals surface area contributed by atoms with Gasteiger partial charge in [0.05, 0.1) is 11.8 Å². The first kappa shape index (κ1) is 22.1. The van der Waals surface area contributed by atoms with E-state index in [1.54, 1.807) is 0 Å². The smallest absolute Gasteiger partial charge is 0.310 e. The molecule has 2 fully saturated rings. The molecule has 4 rings (SSSR count). The average Bonchev–Trinajstić information content (AvgIpc) is 3.32. The topological polar surface area (TPSA) is 52.6 Å². The van der Waals surface area contributed by atoms with Crippen LogP contribution in [0.4, 0.5) is 0 Å². The Balaban J connectivity index is 1.53. The van der Waals surface area contributed by atoms with Gasteiger partial charge in [0.25, 0.3) is 0 Å². The van der Waals surface area contributed by atoms with Gasteiger partial charge in [0, 0.05) is 11.8 Å². The predicted molar refractivity (Wildman–Crippen MR) is 121 cm³/mol. The molecule has 0 amide bonds. The molecule has 4 heteroatoms. The lowest BCUT2D eigenvalue weighted by Crippen LogP contribution is -2.46. The van der Waals surface area contributed by atoms with Crippen molar-refractivity contribution in [2.24, 2.45) is 35.5 Å². The van der Waals surface area contributed by atoms with Crippen molar-refractivity contribution < 1.29 is 19.1 Å². The van der Waals surface area contributed by atoms with Crippen molar-refractivity contribution in [3.63, 3.8) is 0 Å². The van der Waals surface area contributed by atoms with E-state index < -0.39 is 23.0 Å². The highest BCUT2D eigenvalue weighted by Gasteiger charge is 2.57. The van der Waals surface area contributed by atoms with Crippen molar-refractivity contribution in [2.75, 3.05) is 0 Å². The second-order valence-corrected chi connectivity index (χ2v) is 10.6. The minimum Gasteiger partial charge on any atom is -0.454 e. The monoisotopic (exact) mass is 424 g/mol. The zero-order valence-corrected chi connectivity index (χ0v) is 19.7. The molecule has 0 N–H and O–H groups in total. The van der Waals surface area contributed by atoms with E-state index in [9.17, 15) is 9.59 Å². The number of carbonyl (C=O) groups excluding carboxylic acids is 2. The maximum Gasteiger partial charge on any atom is 0.310 e. The number of hydrogen-bond acceptors (Lipinski definition) is 4. The maximum atomic E-state index is 13.5. The summed E-state index contributed by atoms with van der Waals surface area (Å²) in [7, 11) is 0. The summed E-state index contributed by atoms with van der Waals surface area (Å²) in [5.74, 6) is -0.651. The quantitative estimate of drug-likeness (QED) is 0.555. The standard InChI is InChI=1S/C27H36O4/c1-16-9-7-13-26(5,18(16)3)30-24(28)22-20-11-12-21(15-20)23(22)25(29)31-27(6)14-8-10-17(2)19(27)4/h7-10,13-14,18-23H,11-12,15H2,1-6H3. The van der Waals surface area contributed by atoms with Gasteiger partial charge < -0.3 is 9.47 Å². The molecule has 0 heterocycles. The van der Waals surface area contributed by atoms with Crippen molar-refractivity contribution in [3.8, 4) is 0 Å². The Morgan fingerprint density at radius 3 is 1.58 bits per heavy atom. The molecule has 0 saturated heterocycles. The van der Waals surface area contributed by atoms with Crippen molar-refractivity contribution in [2.45, 2.75) is 72.0 Å². The molecule has 4 aliphatic carbocycles. The molecular weight excluding hydrogens is 388 g/mol. The van der Waals surface area contributed by atoms with E-state index in [0.717, 1.165) is 19.3 Å².